The van der Waals surface area contributed by atoms with E-state index in [-0.39, 0.29) is 11.8 Å². The van der Waals surface area contributed by atoms with Crippen molar-refractivity contribution in [1.29, 1.82) is 0 Å². The predicted molar refractivity (Wildman–Crippen MR) is 88.8 cm³/mol. The number of aromatic nitrogens is 1. The molecule has 2 heterocycles. The van der Waals surface area contributed by atoms with Crippen LogP contribution in [0.2, 0.25) is 0 Å². The largest absolute Gasteiger partial charge is 0.383 e. The number of carbonyl (C=O) groups is 1. The zero-order valence-electron chi connectivity index (χ0n) is 13.4. The maximum atomic E-state index is 12.7. The Kier molecular flexibility index (Phi) is 4.44. The number of benzene rings is 1. The summed E-state index contributed by atoms with van der Waals surface area (Å²) in [6, 6.07) is 15.4. The second-order valence-electron chi connectivity index (χ2n) is 6.20. The van der Waals surface area contributed by atoms with Crippen molar-refractivity contribution in [2.24, 2.45) is 0 Å². The Balaban J connectivity index is 1.66. The normalized spacial score (nSPS) is 18.4. The number of hydrogen-bond acceptors (Lipinski definition) is 3. The van der Waals surface area contributed by atoms with E-state index in [0.717, 1.165) is 5.56 Å². The summed E-state index contributed by atoms with van der Waals surface area (Å²) in [5.74, 6) is -0.0310. The van der Waals surface area contributed by atoms with Crippen molar-refractivity contribution in [3.05, 3.63) is 66.0 Å². The van der Waals surface area contributed by atoms with Gasteiger partial charge in [-0.3, -0.25) is 9.78 Å². The van der Waals surface area contributed by atoms with E-state index in [0.29, 0.717) is 31.6 Å². The van der Waals surface area contributed by atoms with Crippen molar-refractivity contribution in [3.63, 3.8) is 0 Å². The number of carbonyl (C=O) groups excluding carboxylic acids is 1. The summed E-state index contributed by atoms with van der Waals surface area (Å²) in [4.78, 5) is 18.8. The molecule has 2 aromatic rings. The lowest BCUT2D eigenvalue weighted by molar-refractivity contribution is -0.137. The second-order valence-corrected chi connectivity index (χ2v) is 6.20. The van der Waals surface area contributed by atoms with Crippen LogP contribution in [0, 0.1) is 0 Å². The van der Waals surface area contributed by atoms with Gasteiger partial charge in [0.2, 0.25) is 5.91 Å². The molecule has 3 rings (SSSR count). The third-order valence-corrected chi connectivity index (χ3v) is 4.71. The number of nitrogens with zero attached hydrogens (tertiary/aromatic N) is 2. The standard InChI is InChI=1S/C19H22N2O2/c1-15(16-7-3-2-4-8-16)18(22)21-13-10-19(23,11-14-21)17-9-5-6-12-20-17/h2-9,12,15,23H,10-11,13-14H2,1H3/t15-/m1/s1. The van der Waals surface area contributed by atoms with Crippen LogP contribution in [0.1, 0.15) is 36.9 Å². The van der Waals surface area contributed by atoms with Crippen LogP contribution in [-0.4, -0.2) is 34.0 Å². The van der Waals surface area contributed by atoms with Crippen molar-refractivity contribution >= 4 is 5.91 Å². The monoisotopic (exact) mass is 310 g/mol. The molecule has 1 aromatic carbocycles. The smallest absolute Gasteiger partial charge is 0.229 e. The first-order chi connectivity index (χ1) is 11.1. The summed E-state index contributed by atoms with van der Waals surface area (Å²) in [5.41, 5.74) is 0.805. The fraction of sp³-hybridized carbons (Fsp3) is 0.368. The number of likely N-dealkylation sites (tertiary alicyclic amines) is 1. The Hall–Kier alpha value is -2.20. The van der Waals surface area contributed by atoms with Crippen LogP contribution in [0.15, 0.2) is 54.7 Å². The Labute approximate surface area is 136 Å². The van der Waals surface area contributed by atoms with Gasteiger partial charge >= 0.3 is 0 Å². The van der Waals surface area contributed by atoms with Crippen LogP contribution in [0.4, 0.5) is 0 Å². The van der Waals surface area contributed by atoms with Crippen molar-refractivity contribution in [2.45, 2.75) is 31.3 Å². The molecule has 0 aliphatic carbocycles. The van der Waals surface area contributed by atoms with E-state index < -0.39 is 5.60 Å². The van der Waals surface area contributed by atoms with E-state index in [2.05, 4.69) is 4.98 Å². The Morgan fingerprint density at radius 3 is 2.39 bits per heavy atom. The van der Waals surface area contributed by atoms with Gasteiger partial charge in [0.15, 0.2) is 0 Å². The van der Waals surface area contributed by atoms with Gasteiger partial charge in [0.05, 0.1) is 11.6 Å². The molecule has 1 amide bonds. The van der Waals surface area contributed by atoms with E-state index >= 15 is 0 Å². The lowest BCUT2D eigenvalue weighted by Gasteiger charge is -2.38. The third kappa shape index (κ3) is 3.27. The summed E-state index contributed by atoms with van der Waals surface area (Å²) in [5, 5.41) is 10.8. The minimum Gasteiger partial charge on any atom is -0.383 e. The van der Waals surface area contributed by atoms with E-state index in [9.17, 15) is 9.90 Å². The van der Waals surface area contributed by atoms with Crippen LogP contribution < -0.4 is 0 Å². The minimum atomic E-state index is -0.923. The maximum Gasteiger partial charge on any atom is 0.229 e. The number of piperidine rings is 1. The molecule has 1 aliphatic rings. The van der Waals surface area contributed by atoms with Gasteiger partial charge in [0.25, 0.3) is 0 Å². The first-order valence-electron chi connectivity index (χ1n) is 8.08. The summed E-state index contributed by atoms with van der Waals surface area (Å²) >= 11 is 0. The van der Waals surface area contributed by atoms with Crippen LogP contribution in [0.3, 0.4) is 0 Å². The van der Waals surface area contributed by atoms with Crippen molar-refractivity contribution < 1.29 is 9.90 Å². The van der Waals surface area contributed by atoms with Gasteiger partial charge in [-0.25, -0.2) is 0 Å². The van der Waals surface area contributed by atoms with E-state index in [4.69, 9.17) is 0 Å². The fourth-order valence-electron chi connectivity index (χ4n) is 3.15. The zero-order chi connectivity index (χ0) is 16.3. The Morgan fingerprint density at radius 2 is 1.78 bits per heavy atom. The van der Waals surface area contributed by atoms with Gasteiger partial charge < -0.3 is 10.0 Å². The summed E-state index contributed by atoms with van der Waals surface area (Å²) in [6.45, 7) is 3.06. The third-order valence-electron chi connectivity index (χ3n) is 4.71. The molecule has 1 fully saturated rings. The first-order valence-corrected chi connectivity index (χ1v) is 8.08. The molecule has 0 saturated carbocycles. The first kappa shape index (κ1) is 15.7. The number of rotatable bonds is 3. The lowest BCUT2D eigenvalue weighted by atomic mass is 9.87. The highest BCUT2D eigenvalue weighted by atomic mass is 16.3. The van der Waals surface area contributed by atoms with Crippen LogP contribution in [0.5, 0.6) is 0 Å². The van der Waals surface area contributed by atoms with Crippen LogP contribution >= 0.6 is 0 Å². The molecule has 4 heteroatoms. The molecule has 120 valence electrons. The molecule has 1 aromatic heterocycles. The molecule has 0 bridgehead atoms. The quantitative estimate of drug-likeness (QED) is 0.948. The van der Waals surface area contributed by atoms with Crippen molar-refractivity contribution in [1.82, 2.24) is 9.88 Å². The molecule has 0 radical (unpaired) electrons. The minimum absolute atomic E-state index is 0.124. The van der Waals surface area contributed by atoms with Gasteiger partial charge in [-0.05, 0) is 37.5 Å². The molecule has 4 nitrogen and oxygen atoms in total. The Bertz CT molecular complexity index is 650. The highest BCUT2D eigenvalue weighted by molar-refractivity contribution is 5.83. The highest BCUT2D eigenvalue weighted by Crippen LogP contribution is 2.32. The van der Waals surface area contributed by atoms with Gasteiger partial charge in [-0.2, -0.15) is 0 Å². The second kappa shape index (κ2) is 6.50. The fourth-order valence-corrected chi connectivity index (χ4v) is 3.15. The van der Waals surface area contributed by atoms with Gasteiger partial charge in [0, 0.05) is 19.3 Å². The molecular formula is C19H22N2O2. The van der Waals surface area contributed by atoms with Crippen LogP contribution in [-0.2, 0) is 10.4 Å². The topological polar surface area (TPSA) is 53.4 Å². The number of hydrogen-bond donors (Lipinski definition) is 1. The highest BCUT2D eigenvalue weighted by Gasteiger charge is 2.37. The van der Waals surface area contributed by atoms with Crippen molar-refractivity contribution in [2.75, 3.05) is 13.1 Å². The van der Waals surface area contributed by atoms with E-state index in [1.165, 1.54) is 0 Å². The number of amides is 1. The average molecular weight is 310 g/mol. The van der Waals surface area contributed by atoms with Gasteiger partial charge in [-0.15, -0.1) is 0 Å². The molecule has 23 heavy (non-hydrogen) atoms. The molecule has 1 saturated heterocycles. The number of pyridine rings is 1. The maximum absolute atomic E-state index is 12.7. The summed E-state index contributed by atoms with van der Waals surface area (Å²) in [6.07, 6.45) is 2.75. The lowest BCUT2D eigenvalue weighted by Crippen LogP contribution is -2.46. The molecule has 1 N–H and O–H groups in total. The molecular weight excluding hydrogens is 288 g/mol. The molecule has 0 spiro atoms. The van der Waals surface area contributed by atoms with Crippen LogP contribution in [0.25, 0.3) is 0 Å². The van der Waals surface area contributed by atoms with Gasteiger partial charge in [0.1, 0.15) is 5.60 Å². The predicted octanol–water partition coefficient (Wildman–Crippen LogP) is 2.70. The number of aliphatic hydroxyl groups is 1. The Morgan fingerprint density at radius 1 is 1.13 bits per heavy atom. The zero-order valence-corrected chi connectivity index (χ0v) is 13.4. The summed E-state index contributed by atoms with van der Waals surface area (Å²) in [7, 11) is 0. The van der Waals surface area contributed by atoms with Crippen molar-refractivity contribution in [3.8, 4) is 0 Å². The molecule has 1 atom stereocenters. The van der Waals surface area contributed by atoms with Gasteiger partial charge in [-0.1, -0.05) is 36.4 Å². The van der Waals surface area contributed by atoms with E-state index in [1.807, 2.05) is 60.4 Å². The summed E-state index contributed by atoms with van der Waals surface area (Å²) < 4.78 is 0. The van der Waals surface area contributed by atoms with E-state index in [1.54, 1.807) is 6.20 Å². The average Bonchev–Trinajstić information content (AvgIpc) is 2.63. The SMILES string of the molecule is C[C@@H](C(=O)N1CCC(O)(c2ccccn2)CC1)c1ccccc1. The molecule has 0 unspecified atom stereocenters. The molecule has 1 aliphatic heterocycles.